The number of likely N-dealkylation sites (N-methyl/N-ethyl adjacent to an activating group) is 1. The highest BCUT2D eigenvalue weighted by molar-refractivity contribution is 5.84. The van der Waals surface area contributed by atoms with Gasteiger partial charge in [0.15, 0.2) is 0 Å². The highest BCUT2D eigenvalue weighted by atomic mass is 16.5. The van der Waals surface area contributed by atoms with E-state index in [1.807, 2.05) is 39.3 Å². The molecule has 0 bridgehead atoms. The molecule has 168 valence electrons. The predicted molar refractivity (Wildman–Crippen MR) is 134 cm³/mol. The average molecular weight is 439 g/mol. The van der Waals surface area contributed by atoms with Crippen LogP contribution in [0.1, 0.15) is 23.2 Å². The van der Waals surface area contributed by atoms with Gasteiger partial charge in [-0.15, -0.1) is 0 Å². The predicted octanol–water partition coefficient (Wildman–Crippen LogP) is 6.41. The fourth-order valence-corrected chi connectivity index (χ4v) is 4.45. The Morgan fingerprint density at radius 1 is 0.879 bits per heavy atom. The van der Waals surface area contributed by atoms with Gasteiger partial charge in [0.1, 0.15) is 23.9 Å². The SMILES string of the molecule is Cc1cc(-c2cc(-c3ccc(OCCN(C)C)cc3)oc2-c2ccc3c(c2)CCC3)ccn1. The normalized spacial score (nSPS) is 12.8. The molecule has 0 saturated carbocycles. The smallest absolute Gasteiger partial charge is 0.142 e. The van der Waals surface area contributed by atoms with Crippen molar-refractivity contribution in [2.24, 2.45) is 0 Å². The molecule has 2 aromatic heterocycles. The molecule has 2 aromatic carbocycles. The average Bonchev–Trinajstić information content (AvgIpc) is 3.46. The lowest BCUT2D eigenvalue weighted by molar-refractivity contribution is 0.261. The first-order valence-electron chi connectivity index (χ1n) is 11.6. The molecule has 0 spiro atoms. The van der Waals surface area contributed by atoms with E-state index >= 15 is 0 Å². The van der Waals surface area contributed by atoms with Crippen molar-refractivity contribution in [2.75, 3.05) is 27.2 Å². The van der Waals surface area contributed by atoms with Crippen molar-refractivity contribution >= 4 is 0 Å². The maximum Gasteiger partial charge on any atom is 0.142 e. The van der Waals surface area contributed by atoms with E-state index in [0.29, 0.717) is 6.61 Å². The third-order valence-electron chi connectivity index (χ3n) is 6.25. The Bertz CT molecular complexity index is 1260. The van der Waals surface area contributed by atoms with Crippen molar-refractivity contribution in [1.29, 1.82) is 0 Å². The van der Waals surface area contributed by atoms with Gasteiger partial charge in [0.05, 0.1) is 0 Å². The number of nitrogens with zero attached hydrogens (tertiary/aromatic N) is 2. The maximum absolute atomic E-state index is 6.53. The van der Waals surface area contributed by atoms with Gasteiger partial charge in [0.25, 0.3) is 0 Å². The lowest BCUT2D eigenvalue weighted by atomic mass is 9.99. The van der Waals surface area contributed by atoms with Gasteiger partial charge in [-0.2, -0.15) is 0 Å². The molecule has 0 aliphatic heterocycles. The number of furan rings is 1. The number of benzene rings is 2. The summed E-state index contributed by atoms with van der Waals surface area (Å²) in [4.78, 5) is 6.49. The molecule has 0 N–H and O–H groups in total. The maximum atomic E-state index is 6.53. The summed E-state index contributed by atoms with van der Waals surface area (Å²) < 4.78 is 12.4. The van der Waals surface area contributed by atoms with Gasteiger partial charge in [0.2, 0.25) is 0 Å². The molecular weight excluding hydrogens is 408 g/mol. The quantitative estimate of drug-likeness (QED) is 0.334. The summed E-state index contributed by atoms with van der Waals surface area (Å²) in [6.07, 6.45) is 5.43. The summed E-state index contributed by atoms with van der Waals surface area (Å²) in [5.74, 6) is 2.64. The number of rotatable bonds is 7. The molecule has 5 rings (SSSR count). The number of hydrogen-bond donors (Lipinski definition) is 0. The minimum atomic E-state index is 0.668. The molecule has 4 nitrogen and oxygen atoms in total. The Labute approximate surface area is 195 Å². The molecule has 0 amide bonds. The van der Waals surface area contributed by atoms with Crippen molar-refractivity contribution in [3.05, 3.63) is 83.7 Å². The molecule has 33 heavy (non-hydrogen) atoms. The van der Waals surface area contributed by atoms with Crippen molar-refractivity contribution in [3.63, 3.8) is 0 Å². The number of ether oxygens (including phenoxy) is 1. The summed E-state index contributed by atoms with van der Waals surface area (Å²) in [5, 5.41) is 0. The summed E-state index contributed by atoms with van der Waals surface area (Å²) >= 11 is 0. The third-order valence-corrected chi connectivity index (χ3v) is 6.25. The van der Waals surface area contributed by atoms with Crippen molar-refractivity contribution in [1.82, 2.24) is 9.88 Å². The number of aryl methyl sites for hydroxylation is 3. The second-order valence-corrected chi connectivity index (χ2v) is 9.05. The molecular formula is C29H30N2O2. The molecule has 0 atom stereocenters. The zero-order valence-corrected chi connectivity index (χ0v) is 19.6. The van der Waals surface area contributed by atoms with E-state index in [4.69, 9.17) is 9.15 Å². The first-order chi connectivity index (χ1) is 16.1. The van der Waals surface area contributed by atoms with Crippen LogP contribution in [0.15, 0.2) is 71.3 Å². The second kappa shape index (κ2) is 9.24. The Balaban J connectivity index is 1.51. The molecule has 0 unspecified atom stereocenters. The van der Waals surface area contributed by atoms with E-state index in [2.05, 4.69) is 58.4 Å². The zero-order valence-electron chi connectivity index (χ0n) is 19.6. The van der Waals surface area contributed by atoms with E-state index in [1.54, 1.807) is 0 Å². The van der Waals surface area contributed by atoms with Crippen LogP contribution in [0.4, 0.5) is 0 Å². The van der Waals surface area contributed by atoms with Gasteiger partial charge in [-0.25, -0.2) is 0 Å². The first-order valence-corrected chi connectivity index (χ1v) is 11.6. The van der Waals surface area contributed by atoms with E-state index in [1.165, 1.54) is 24.0 Å². The van der Waals surface area contributed by atoms with Crippen LogP contribution in [0.25, 0.3) is 33.8 Å². The lowest BCUT2D eigenvalue weighted by Crippen LogP contribution is -2.19. The number of pyridine rings is 1. The summed E-state index contributed by atoms with van der Waals surface area (Å²) in [7, 11) is 4.09. The van der Waals surface area contributed by atoms with E-state index in [0.717, 1.165) is 58.2 Å². The standard InChI is InChI=1S/C29H30N2O2/c1-20-17-24(13-14-30-20)27-19-28(22-9-11-26(12-10-22)32-16-15-31(2)3)33-29(27)25-8-7-21-5-4-6-23(21)18-25/h7-14,17-19H,4-6,15-16H2,1-3H3. The zero-order chi connectivity index (χ0) is 22.8. The van der Waals surface area contributed by atoms with Crippen LogP contribution in [0.2, 0.25) is 0 Å². The van der Waals surface area contributed by atoms with Gasteiger partial charge in [-0.1, -0.05) is 12.1 Å². The largest absolute Gasteiger partial charge is 0.492 e. The van der Waals surface area contributed by atoms with Crippen LogP contribution >= 0.6 is 0 Å². The lowest BCUT2D eigenvalue weighted by Gasteiger charge is -2.11. The van der Waals surface area contributed by atoms with Gasteiger partial charge >= 0.3 is 0 Å². The van der Waals surface area contributed by atoms with Crippen LogP contribution < -0.4 is 4.74 Å². The number of fused-ring (bicyclic) bond motifs is 1. The third kappa shape index (κ3) is 4.71. The topological polar surface area (TPSA) is 38.5 Å². The van der Waals surface area contributed by atoms with Crippen LogP contribution in [-0.2, 0) is 12.8 Å². The van der Waals surface area contributed by atoms with Gasteiger partial charge in [-0.05, 0) is 106 Å². The molecule has 4 aromatic rings. The van der Waals surface area contributed by atoms with Gasteiger partial charge < -0.3 is 14.1 Å². The van der Waals surface area contributed by atoms with Crippen LogP contribution in [0, 0.1) is 6.92 Å². The molecule has 1 aliphatic carbocycles. The molecule has 0 fully saturated rings. The summed E-state index contributed by atoms with van der Waals surface area (Å²) in [6, 6.07) is 21.3. The van der Waals surface area contributed by atoms with Crippen molar-refractivity contribution < 1.29 is 9.15 Å². The fourth-order valence-electron chi connectivity index (χ4n) is 4.45. The Hall–Kier alpha value is -3.37. The highest BCUT2D eigenvalue weighted by Gasteiger charge is 2.19. The van der Waals surface area contributed by atoms with Crippen LogP contribution in [0.5, 0.6) is 5.75 Å². The molecule has 2 heterocycles. The van der Waals surface area contributed by atoms with Crippen LogP contribution in [0.3, 0.4) is 0 Å². The monoisotopic (exact) mass is 438 g/mol. The highest BCUT2D eigenvalue weighted by Crippen LogP contribution is 2.40. The fraction of sp³-hybridized carbons (Fsp3) is 0.276. The van der Waals surface area contributed by atoms with E-state index < -0.39 is 0 Å². The van der Waals surface area contributed by atoms with Crippen molar-refractivity contribution in [2.45, 2.75) is 26.2 Å². The Morgan fingerprint density at radius 3 is 2.45 bits per heavy atom. The molecule has 1 aliphatic rings. The molecule has 0 saturated heterocycles. The minimum Gasteiger partial charge on any atom is -0.492 e. The van der Waals surface area contributed by atoms with Crippen molar-refractivity contribution in [3.8, 4) is 39.5 Å². The van der Waals surface area contributed by atoms with Gasteiger partial charge in [-0.3, -0.25) is 4.98 Å². The number of aromatic nitrogens is 1. The van der Waals surface area contributed by atoms with E-state index in [-0.39, 0.29) is 0 Å². The van der Waals surface area contributed by atoms with E-state index in [9.17, 15) is 0 Å². The molecule has 0 radical (unpaired) electrons. The second-order valence-electron chi connectivity index (χ2n) is 9.05. The minimum absolute atomic E-state index is 0.668. The Morgan fingerprint density at radius 2 is 1.67 bits per heavy atom. The Kier molecular flexibility index (Phi) is 6.01. The van der Waals surface area contributed by atoms with Crippen LogP contribution in [-0.4, -0.2) is 37.1 Å². The molecule has 4 heteroatoms. The van der Waals surface area contributed by atoms with Gasteiger partial charge in [0, 0.05) is 35.1 Å². The summed E-state index contributed by atoms with van der Waals surface area (Å²) in [5.41, 5.74) is 8.30. The summed E-state index contributed by atoms with van der Waals surface area (Å²) in [6.45, 7) is 3.58. The number of hydrogen-bond acceptors (Lipinski definition) is 4. The first kappa shape index (κ1) is 21.5.